The highest BCUT2D eigenvalue weighted by Gasteiger charge is 2.31. The van der Waals surface area contributed by atoms with Crippen LogP contribution in [0.15, 0.2) is 18.3 Å². The molecule has 2 aliphatic heterocycles. The van der Waals surface area contributed by atoms with Crippen LogP contribution in [0.4, 0.5) is 18.0 Å². The fourth-order valence-electron chi connectivity index (χ4n) is 3.21. The average molecular weight is 414 g/mol. The predicted molar refractivity (Wildman–Crippen MR) is 93.8 cm³/mol. The Morgan fingerprint density at radius 3 is 2.52 bits per heavy atom. The molecule has 0 saturated carbocycles. The van der Waals surface area contributed by atoms with Crippen molar-refractivity contribution in [2.75, 3.05) is 26.2 Å². The van der Waals surface area contributed by atoms with Crippen molar-refractivity contribution < 1.29 is 32.3 Å². The number of carbonyl (C=O) groups is 3. The molecule has 8 nitrogen and oxygen atoms in total. The lowest BCUT2D eigenvalue weighted by atomic mass is 10.1. The molecule has 3 rings (SSSR count). The number of urea groups is 1. The summed E-state index contributed by atoms with van der Waals surface area (Å²) in [4.78, 5) is 42.0. The van der Waals surface area contributed by atoms with Crippen LogP contribution in [0.1, 0.15) is 31.2 Å². The van der Waals surface area contributed by atoms with Gasteiger partial charge in [-0.25, -0.2) is 9.78 Å². The zero-order valence-electron chi connectivity index (χ0n) is 15.6. The molecule has 0 bridgehead atoms. The smallest absolute Gasteiger partial charge is 0.417 e. The molecule has 0 radical (unpaired) electrons. The molecule has 1 aromatic heterocycles. The number of alkyl halides is 3. The number of nitrogens with zero attached hydrogens (tertiary/aromatic N) is 3. The Kier molecular flexibility index (Phi) is 6.23. The number of halogens is 3. The Bertz CT molecular complexity index is 761. The van der Waals surface area contributed by atoms with Crippen LogP contribution in [0.5, 0.6) is 5.88 Å². The lowest BCUT2D eigenvalue weighted by Crippen LogP contribution is -2.50. The summed E-state index contributed by atoms with van der Waals surface area (Å²) >= 11 is 0. The van der Waals surface area contributed by atoms with Crippen LogP contribution in [-0.2, 0) is 15.8 Å². The van der Waals surface area contributed by atoms with Gasteiger partial charge < -0.3 is 14.5 Å². The van der Waals surface area contributed by atoms with Crippen LogP contribution >= 0.6 is 0 Å². The largest absolute Gasteiger partial charge is 0.474 e. The van der Waals surface area contributed by atoms with Crippen molar-refractivity contribution in [2.45, 2.75) is 38.0 Å². The van der Waals surface area contributed by atoms with Crippen molar-refractivity contribution in [1.82, 2.24) is 20.1 Å². The second-order valence-electron chi connectivity index (χ2n) is 6.92. The van der Waals surface area contributed by atoms with Crippen LogP contribution in [0, 0.1) is 0 Å². The molecule has 1 aromatic rings. The lowest BCUT2D eigenvalue weighted by molar-refractivity contribution is -0.138. The third-order valence-corrected chi connectivity index (χ3v) is 4.88. The van der Waals surface area contributed by atoms with Gasteiger partial charge in [-0.1, -0.05) is 0 Å². The molecular formula is C18H21F3N4O4. The molecule has 0 atom stereocenters. The van der Waals surface area contributed by atoms with E-state index in [0.717, 1.165) is 12.3 Å². The number of piperidine rings is 1. The molecule has 29 heavy (non-hydrogen) atoms. The number of amides is 4. The Morgan fingerprint density at radius 2 is 1.93 bits per heavy atom. The van der Waals surface area contributed by atoms with Gasteiger partial charge in [0.2, 0.25) is 17.7 Å². The van der Waals surface area contributed by atoms with E-state index in [9.17, 15) is 27.6 Å². The number of hydrogen-bond donors (Lipinski definition) is 1. The quantitative estimate of drug-likeness (QED) is 0.794. The minimum absolute atomic E-state index is 0.0965. The van der Waals surface area contributed by atoms with Crippen molar-refractivity contribution in [3.8, 4) is 5.88 Å². The van der Waals surface area contributed by atoms with E-state index in [-0.39, 0.29) is 43.2 Å². The first kappa shape index (κ1) is 20.9. The standard InChI is InChI=1S/C18H21F3N4O4/c19-18(20,21)12-1-2-15(22-11-12)29-13-3-7-24(8-4-13)16(27)6-10-25-9-5-14(26)23-17(25)28/h1-2,11,13H,3-10H2,(H,23,26,28). The summed E-state index contributed by atoms with van der Waals surface area (Å²) in [5.74, 6) is -0.295. The molecule has 2 fully saturated rings. The summed E-state index contributed by atoms with van der Waals surface area (Å²) in [6, 6.07) is 1.63. The van der Waals surface area contributed by atoms with E-state index in [0.29, 0.717) is 32.5 Å². The van der Waals surface area contributed by atoms with Crippen LogP contribution in [0.25, 0.3) is 0 Å². The van der Waals surface area contributed by atoms with E-state index in [1.54, 1.807) is 4.90 Å². The molecule has 0 aromatic carbocycles. The molecule has 1 N–H and O–H groups in total. The summed E-state index contributed by atoms with van der Waals surface area (Å²) in [6.07, 6.45) is -2.49. The highest BCUT2D eigenvalue weighted by atomic mass is 19.4. The van der Waals surface area contributed by atoms with Crippen molar-refractivity contribution in [3.05, 3.63) is 23.9 Å². The maximum absolute atomic E-state index is 12.6. The number of rotatable bonds is 5. The first-order valence-electron chi connectivity index (χ1n) is 9.29. The van der Waals surface area contributed by atoms with E-state index < -0.39 is 17.8 Å². The Morgan fingerprint density at radius 1 is 1.21 bits per heavy atom. The maximum Gasteiger partial charge on any atom is 0.417 e. The van der Waals surface area contributed by atoms with Crippen molar-refractivity contribution in [1.29, 1.82) is 0 Å². The number of ether oxygens (including phenoxy) is 1. The van der Waals surface area contributed by atoms with Gasteiger partial charge in [0.25, 0.3) is 0 Å². The lowest BCUT2D eigenvalue weighted by Gasteiger charge is -2.33. The third kappa shape index (κ3) is 5.58. The summed E-state index contributed by atoms with van der Waals surface area (Å²) in [7, 11) is 0. The van der Waals surface area contributed by atoms with Crippen LogP contribution in [-0.4, -0.2) is 64.9 Å². The van der Waals surface area contributed by atoms with Gasteiger partial charge in [0.1, 0.15) is 6.10 Å². The molecule has 11 heteroatoms. The van der Waals surface area contributed by atoms with E-state index in [4.69, 9.17) is 4.74 Å². The molecule has 2 aliphatic rings. The third-order valence-electron chi connectivity index (χ3n) is 4.88. The monoisotopic (exact) mass is 414 g/mol. The van der Waals surface area contributed by atoms with Gasteiger partial charge in [-0.2, -0.15) is 13.2 Å². The number of hydrogen-bond acceptors (Lipinski definition) is 5. The second kappa shape index (κ2) is 8.66. The van der Waals surface area contributed by atoms with Gasteiger partial charge in [-0.05, 0) is 6.07 Å². The zero-order valence-corrected chi connectivity index (χ0v) is 15.6. The SMILES string of the molecule is O=C1CCN(CCC(=O)N2CCC(Oc3ccc(C(F)(F)F)cn3)CC2)C(=O)N1. The first-order chi connectivity index (χ1) is 13.7. The first-order valence-corrected chi connectivity index (χ1v) is 9.29. The summed E-state index contributed by atoms with van der Waals surface area (Å²) in [6.45, 7) is 1.45. The predicted octanol–water partition coefficient (Wildman–Crippen LogP) is 1.80. The molecular weight excluding hydrogens is 393 g/mol. The Hall–Kier alpha value is -2.85. The molecule has 0 spiro atoms. The topological polar surface area (TPSA) is 91.8 Å². The minimum Gasteiger partial charge on any atom is -0.474 e. The average Bonchev–Trinajstić information content (AvgIpc) is 2.67. The summed E-state index contributed by atoms with van der Waals surface area (Å²) in [5.41, 5.74) is -0.836. The fraction of sp³-hybridized carbons (Fsp3) is 0.556. The maximum atomic E-state index is 12.6. The molecule has 2 saturated heterocycles. The van der Waals surface area contributed by atoms with E-state index >= 15 is 0 Å². The highest BCUT2D eigenvalue weighted by molar-refractivity contribution is 5.96. The van der Waals surface area contributed by atoms with Gasteiger partial charge in [0.15, 0.2) is 0 Å². The molecule has 0 aliphatic carbocycles. The molecule has 158 valence electrons. The van der Waals surface area contributed by atoms with Crippen molar-refractivity contribution in [3.63, 3.8) is 0 Å². The number of likely N-dealkylation sites (tertiary alicyclic amines) is 1. The Labute approximate surface area is 165 Å². The van der Waals surface area contributed by atoms with E-state index in [1.165, 1.54) is 11.0 Å². The van der Waals surface area contributed by atoms with E-state index in [1.807, 2.05) is 0 Å². The highest BCUT2D eigenvalue weighted by Crippen LogP contribution is 2.29. The normalized spacial score (nSPS) is 18.6. The number of pyridine rings is 1. The zero-order chi connectivity index (χ0) is 21.0. The van der Waals surface area contributed by atoms with Crippen LogP contribution in [0.2, 0.25) is 0 Å². The van der Waals surface area contributed by atoms with Crippen molar-refractivity contribution >= 4 is 17.8 Å². The van der Waals surface area contributed by atoms with E-state index in [2.05, 4.69) is 10.3 Å². The van der Waals surface area contributed by atoms with Gasteiger partial charge in [0, 0.05) is 64.1 Å². The minimum atomic E-state index is -4.44. The van der Waals surface area contributed by atoms with Gasteiger partial charge in [-0.15, -0.1) is 0 Å². The number of carbonyl (C=O) groups excluding carboxylic acids is 3. The summed E-state index contributed by atoms with van der Waals surface area (Å²) < 4.78 is 43.3. The number of imide groups is 1. The number of aromatic nitrogens is 1. The van der Waals surface area contributed by atoms with Gasteiger partial charge >= 0.3 is 12.2 Å². The second-order valence-corrected chi connectivity index (χ2v) is 6.92. The summed E-state index contributed by atoms with van der Waals surface area (Å²) in [5, 5.41) is 2.21. The molecule has 3 heterocycles. The van der Waals surface area contributed by atoms with Gasteiger partial charge in [-0.3, -0.25) is 14.9 Å². The van der Waals surface area contributed by atoms with Crippen LogP contribution < -0.4 is 10.1 Å². The number of nitrogens with one attached hydrogen (secondary N) is 1. The Balaban J connectivity index is 1.41. The van der Waals surface area contributed by atoms with Crippen LogP contribution in [0.3, 0.4) is 0 Å². The van der Waals surface area contributed by atoms with Crippen molar-refractivity contribution in [2.24, 2.45) is 0 Å². The van der Waals surface area contributed by atoms with Gasteiger partial charge in [0.05, 0.1) is 5.56 Å². The molecule has 0 unspecified atom stereocenters. The fourth-order valence-corrected chi connectivity index (χ4v) is 3.21. The molecule has 4 amide bonds.